The number of esters is 1. The van der Waals surface area contributed by atoms with Gasteiger partial charge in [-0.2, -0.15) is 0 Å². The second-order valence-electron chi connectivity index (χ2n) is 9.05. The molecule has 3 aromatic carbocycles. The zero-order valence-corrected chi connectivity index (χ0v) is 21.2. The molecule has 0 unspecified atom stereocenters. The molecule has 178 valence electrons. The van der Waals surface area contributed by atoms with E-state index in [2.05, 4.69) is 35.7 Å². The van der Waals surface area contributed by atoms with E-state index in [4.69, 9.17) is 27.9 Å². The molecule has 5 rings (SSSR count). The van der Waals surface area contributed by atoms with Crippen LogP contribution in [0.25, 0.3) is 17.2 Å². The van der Waals surface area contributed by atoms with E-state index in [-0.39, 0.29) is 5.97 Å². The van der Waals surface area contributed by atoms with Gasteiger partial charge in [-0.25, -0.2) is 4.79 Å². The smallest absolute Gasteiger partial charge is 0.337 e. The van der Waals surface area contributed by atoms with Crippen LogP contribution >= 0.6 is 23.2 Å². The fourth-order valence-corrected chi connectivity index (χ4v) is 5.58. The van der Waals surface area contributed by atoms with Crippen LogP contribution in [0.5, 0.6) is 0 Å². The van der Waals surface area contributed by atoms with Crippen LogP contribution in [0.15, 0.2) is 66.2 Å². The first-order valence-corrected chi connectivity index (χ1v) is 12.7. The van der Waals surface area contributed by atoms with Crippen molar-refractivity contribution in [3.05, 3.63) is 110 Å². The van der Waals surface area contributed by atoms with Crippen LogP contribution in [0, 0.1) is 0 Å². The third kappa shape index (κ3) is 5.08. The Morgan fingerprint density at radius 2 is 1.74 bits per heavy atom. The van der Waals surface area contributed by atoms with E-state index in [9.17, 15) is 4.79 Å². The first-order valence-electron chi connectivity index (χ1n) is 11.9. The Balaban J connectivity index is 1.67. The molecule has 0 bridgehead atoms. The number of hydrogen-bond donors (Lipinski definition) is 1. The normalized spacial score (nSPS) is 16.8. The number of rotatable bonds is 4. The van der Waals surface area contributed by atoms with Crippen molar-refractivity contribution in [3.63, 3.8) is 0 Å². The largest absolute Gasteiger partial charge is 0.465 e. The minimum Gasteiger partial charge on any atom is -0.465 e. The van der Waals surface area contributed by atoms with Gasteiger partial charge in [0, 0.05) is 16.6 Å². The number of allylic oxidation sites excluding steroid dienone is 1. The van der Waals surface area contributed by atoms with Gasteiger partial charge in [0.25, 0.3) is 0 Å². The molecule has 0 aromatic heterocycles. The number of benzene rings is 3. The Hall–Kier alpha value is -2.85. The van der Waals surface area contributed by atoms with Crippen molar-refractivity contribution in [1.82, 2.24) is 5.32 Å². The molecule has 0 spiro atoms. The van der Waals surface area contributed by atoms with Crippen LogP contribution in [0.3, 0.4) is 0 Å². The van der Waals surface area contributed by atoms with Crippen molar-refractivity contribution in [2.24, 2.45) is 0 Å². The van der Waals surface area contributed by atoms with Gasteiger partial charge in [-0.05, 0) is 95.5 Å². The first kappa shape index (κ1) is 23.9. The highest BCUT2D eigenvalue weighted by molar-refractivity contribution is 6.36. The van der Waals surface area contributed by atoms with Gasteiger partial charge < -0.3 is 10.1 Å². The average Bonchev–Trinajstić information content (AvgIpc) is 3.30. The van der Waals surface area contributed by atoms with E-state index in [0.29, 0.717) is 15.6 Å². The Morgan fingerprint density at radius 3 is 2.46 bits per heavy atom. The fraction of sp³-hybridized carbons (Fsp3) is 0.233. The topological polar surface area (TPSA) is 38.3 Å². The van der Waals surface area contributed by atoms with Gasteiger partial charge in [0.05, 0.1) is 12.7 Å². The quantitative estimate of drug-likeness (QED) is 0.375. The van der Waals surface area contributed by atoms with E-state index < -0.39 is 0 Å². The predicted octanol–water partition coefficient (Wildman–Crippen LogP) is 7.45. The van der Waals surface area contributed by atoms with Crippen LogP contribution in [0.2, 0.25) is 10.0 Å². The van der Waals surface area contributed by atoms with Crippen molar-refractivity contribution in [3.8, 4) is 0 Å². The van der Waals surface area contributed by atoms with Crippen molar-refractivity contribution in [1.29, 1.82) is 0 Å². The SMILES string of the molecule is COC(=O)c1ccc2c(c1)CCCC(c1ccc(Cl)cc1Cl)=C2c1ccc(C=C2CCNC2)cc1. The molecule has 5 heteroatoms. The fourth-order valence-electron chi connectivity index (χ4n) is 5.06. The van der Waals surface area contributed by atoms with Crippen molar-refractivity contribution in [2.75, 3.05) is 20.2 Å². The molecule has 1 aliphatic heterocycles. The highest BCUT2D eigenvalue weighted by Gasteiger charge is 2.23. The summed E-state index contributed by atoms with van der Waals surface area (Å²) in [5.74, 6) is -0.317. The molecule has 35 heavy (non-hydrogen) atoms. The van der Waals surface area contributed by atoms with E-state index in [1.54, 1.807) is 6.07 Å². The van der Waals surface area contributed by atoms with E-state index in [1.165, 1.54) is 23.8 Å². The molecule has 1 fully saturated rings. The molecule has 0 atom stereocenters. The summed E-state index contributed by atoms with van der Waals surface area (Å²) in [6, 6.07) is 20.3. The number of fused-ring (bicyclic) bond motifs is 1. The van der Waals surface area contributed by atoms with Crippen LogP contribution in [0.1, 0.15) is 57.4 Å². The van der Waals surface area contributed by atoms with Crippen LogP contribution < -0.4 is 5.32 Å². The molecule has 0 radical (unpaired) electrons. The first-order chi connectivity index (χ1) is 17.0. The maximum atomic E-state index is 12.2. The minimum absolute atomic E-state index is 0.317. The molecule has 1 saturated heterocycles. The molecule has 3 nitrogen and oxygen atoms in total. The maximum absolute atomic E-state index is 12.2. The van der Waals surface area contributed by atoms with E-state index in [1.807, 2.05) is 30.3 Å². The number of ether oxygens (including phenoxy) is 1. The zero-order valence-electron chi connectivity index (χ0n) is 19.7. The van der Waals surface area contributed by atoms with Gasteiger partial charge in [0.15, 0.2) is 0 Å². The second-order valence-corrected chi connectivity index (χ2v) is 9.89. The van der Waals surface area contributed by atoms with Crippen LogP contribution in [-0.2, 0) is 11.2 Å². The molecular weight excluding hydrogens is 477 g/mol. The summed E-state index contributed by atoms with van der Waals surface area (Å²) in [4.78, 5) is 12.2. The predicted molar refractivity (Wildman–Crippen MR) is 145 cm³/mol. The number of carbonyl (C=O) groups excluding carboxylic acids is 1. The third-order valence-corrected chi connectivity index (χ3v) is 7.32. The van der Waals surface area contributed by atoms with Crippen molar-refractivity contribution >= 4 is 46.4 Å². The number of methoxy groups -OCH3 is 1. The van der Waals surface area contributed by atoms with Gasteiger partial charge in [-0.1, -0.05) is 71.2 Å². The summed E-state index contributed by atoms with van der Waals surface area (Å²) >= 11 is 12.9. The third-order valence-electron chi connectivity index (χ3n) is 6.77. The highest BCUT2D eigenvalue weighted by atomic mass is 35.5. The van der Waals surface area contributed by atoms with Crippen molar-refractivity contribution < 1.29 is 9.53 Å². The Bertz CT molecular complexity index is 1330. The summed E-state index contributed by atoms with van der Waals surface area (Å²) in [5, 5.41) is 4.66. The highest BCUT2D eigenvalue weighted by Crippen LogP contribution is 2.42. The number of carbonyl (C=O) groups is 1. The van der Waals surface area contributed by atoms with E-state index >= 15 is 0 Å². The second kappa shape index (κ2) is 10.4. The summed E-state index contributed by atoms with van der Waals surface area (Å²) in [7, 11) is 1.42. The van der Waals surface area contributed by atoms with Gasteiger partial charge >= 0.3 is 5.97 Å². The number of halogens is 2. The van der Waals surface area contributed by atoms with Gasteiger partial charge in [0.2, 0.25) is 0 Å². The molecule has 3 aromatic rings. The number of nitrogens with one attached hydrogen (secondary N) is 1. The lowest BCUT2D eigenvalue weighted by atomic mass is 9.87. The summed E-state index contributed by atoms with van der Waals surface area (Å²) in [6.45, 7) is 2.01. The van der Waals surface area contributed by atoms with Crippen LogP contribution in [0.4, 0.5) is 0 Å². The van der Waals surface area contributed by atoms with Gasteiger partial charge in [-0.3, -0.25) is 0 Å². The van der Waals surface area contributed by atoms with Gasteiger partial charge in [0.1, 0.15) is 0 Å². The number of aryl methyl sites for hydroxylation is 1. The minimum atomic E-state index is -0.317. The summed E-state index contributed by atoms with van der Waals surface area (Å²) in [6.07, 6.45) is 6.07. The lowest BCUT2D eigenvalue weighted by Gasteiger charge is -2.18. The molecular formula is C30H27Cl2NO2. The Labute approximate surface area is 216 Å². The summed E-state index contributed by atoms with van der Waals surface area (Å²) in [5.41, 5.74) is 9.96. The van der Waals surface area contributed by atoms with E-state index in [0.717, 1.165) is 66.6 Å². The molecule has 2 aliphatic rings. The standard InChI is InChI=1S/C30H27Cl2NO2/c1-35-30(34)23-9-11-25-22(16-23)3-2-4-27(26-12-10-24(31)17-28(26)32)29(25)21-7-5-19(6-8-21)15-20-13-14-33-18-20/h5-12,15-17,33H,2-4,13-14,18H2,1H3. The Kier molecular flexibility index (Phi) is 7.10. The molecule has 1 aliphatic carbocycles. The van der Waals surface area contributed by atoms with Crippen LogP contribution in [-0.4, -0.2) is 26.2 Å². The lowest BCUT2D eigenvalue weighted by Crippen LogP contribution is -2.04. The molecule has 0 saturated carbocycles. The van der Waals surface area contributed by atoms with Crippen molar-refractivity contribution in [2.45, 2.75) is 25.7 Å². The lowest BCUT2D eigenvalue weighted by molar-refractivity contribution is 0.0600. The molecule has 0 amide bonds. The average molecular weight is 504 g/mol. The molecule has 1 heterocycles. The maximum Gasteiger partial charge on any atom is 0.337 e. The zero-order chi connectivity index (χ0) is 24.4. The molecule has 1 N–H and O–H groups in total. The Morgan fingerprint density at radius 1 is 0.943 bits per heavy atom. The number of hydrogen-bond acceptors (Lipinski definition) is 3. The summed E-state index contributed by atoms with van der Waals surface area (Å²) < 4.78 is 4.96. The van der Waals surface area contributed by atoms with Gasteiger partial charge in [-0.15, -0.1) is 0 Å². The monoisotopic (exact) mass is 503 g/mol.